The molecule has 1 saturated heterocycles. The molecule has 0 saturated carbocycles. The Kier molecular flexibility index (Phi) is 3.06. The lowest BCUT2D eigenvalue weighted by molar-refractivity contribution is -0.120. The third kappa shape index (κ3) is 2.76. The number of carbonyl (C=O) groups excluding carboxylic acids is 1. The van der Waals surface area contributed by atoms with E-state index in [-0.39, 0.29) is 5.91 Å². The molecule has 1 fully saturated rings. The van der Waals surface area contributed by atoms with Crippen LogP contribution in [-0.4, -0.2) is 40.2 Å². The number of piperazine rings is 1. The Labute approximate surface area is 100 Å². The van der Waals surface area contributed by atoms with Gasteiger partial charge in [-0.25, -0.2) is 8.42 Å². The maximum atomic E-state index is 11.3. The molecule has 1 N–H and O–H groups in total. The van der Waals surface area contributed by atoms with E-state index in [0.717, 1.165) is 12.2 Å². The third-order valence-electron chi connectivity index (χ3n) is 2.67. The second kappa shape index (κ2) is 4.37. The highest BCUT2D eigenvalue weighted by Crippen LogP contribution is 2.18. The zero-order valence-corrected chi connectivity index (χ0v) is 10.3. The summed E-state index contributed by atoms with van der Waals surface area (Å²) in [6, 6.07) is 6.60. The summed E-state index contributed by atoms with van der Waals surface area (Å²) in [6.07, 6.45) is 1.18. The molecule has 5 nitrogen and oxygen atoms in total. The number of rotatable bonds is 2. The van der Waals surface area contributed by atoms with E-state index in [2.05, 4.69) is 5.32 Å². The van der Waals surface area contributed by atoms with Crippen molar-refractivity contribution in [2.24, 2.45) is 0 Å². The van der Waals surface area contributed by atoms with Crippen molar-refractivity contribution in [2.45, 2.75) is 4.90 Å². The van der Waals surface area contributed by atoms with Gasteiger partial charge in [0.2, 0.25) is 5.91 Å². The number of benzene rings is 1. The van der Waals surface area contributed by atoms with Gasteiger partial charge in [0, 0.05) is 25.0 Å². The Hall–Kier alpha value is -1.56. The molecule has 0 bridgehead atoms. The highest BCUT2D eigenvalue weighted by atomic mass is 32.2. The van der Waals surface area contributed by atoms with Gasteiger partial charge in [-0.2, -0.15) is 0 Å². The van der Waals surface area contributed by atoms with Crippen LogP contribution in [-0.2, 0) is 14.6 Å². The van der Waals surface area contributed by atoms with E-state index >= 15 is 0 Å². The summed E-state index contributed by atoms with van der Waals surface area (Å²) in [5, 5.41) is 2.74. The number of sulfone groups is 1. The van der Waals surface area contributed by atoms with E-state index in [1.807, 2.05) is 4.90 Å². The van der Waals surface area contributed by atoms with Crippen molar-refractivity contribution in [3.63, 3.8) is 0 Å². The van der Waals surface area contributed by atoms with E-state index in [1.165, 1.54) is 6.26 Å². The molecule has 1 aromatic carbocycles. The Balaban J connectivity index is 2.20. The summed E-state index contributed by atoms with van der Waals surface area (Å²) in [4.78, 5) is 13.4. The van der Waals surface area contributed by atoms with Crippen molar-refractivity contribution >= 4 is 21.4 Å². The van der Waals surface area contributed by atoms with Gasteiger partial charge in [0.15, 0.2) is 9.84 Å². The fraction of sp³-hybridized carbons (Fsp3) is 0.364. The van der Waals surface area contributed by atoms with Gasteiger partial charge in [0.1, 0.15) is 0 Å². The number of anilines is 1. The zero-order valence-electron chi connectivity index (χ0n) is 9.51. The maximum absolute atomic E-state index is 11.3. The molecule has 0 aromatic heterocycles. The van der Waals surface area contributed by atoms with Crippen molar-refractivity contribution in [2.75, 3.05) is 30.8 Å². The van der Waals surface area contributed by atoms with Crippen LogP contribution in [0.1, 0.15) is 0 Å². The quantitative estimate of drug-likeness (QED) is 0.808. The van der Waals surface area contributed by atoms with Crippen LogP contribution in [0.4, 0.5) is 5.69 Å². The summed E-state index contributed by atoms with van der Waals surface area (Å²) in [5.41, 5.74) is 0.868. The highest BCUT2D eigenvalue weighted by molar-refractivity contribution is 7.90. The number of nitrogens with one attached hydrogen (secondary N) is 1. The summed E-state index contributed by atoms with van der Waals surface area (Å²) < 4.78 is 22.6. The molecule has 0 unspecified atom stereocenters. The summed E-state index contributed by atoms with van der Waals surface area (Å²) in [5.74, 6) is -0.0107. The molecular weight excluding hydrogens is 240 g/mol. The number of carbonyl (C=O) groups is 1. The molecule has 6 heteroatoms. The van der Waals surface area contributed by atoms with Crippen molar-refractivity contribution in [1.82, 2.24) is 5.32 Å². The zero-order chi connectivity index (χ0) is 12.5. The van der Waals surface area contributed by atoms with E-state index in [9.17, 15) is 13.2 Å². The number of nitrogens with zero attached hydrogens (tertiary/aromatic N) is 1. The Morgan fingerprint density at radius 3 is 2.41 bits per heavy atom. The fourth-order valence-corrected chi connectivity index (χ4v) is 2.39. The predicted molar refractivity (Wildman–Crippen MR) is 64.8 cm³/mol. The fourth-order valence-electron chi connectivity index (χ4n) is 1.76. The summed E-state index contributed by atoms with van der Waals surface area (Å²) >= 11 is 0. The van der Waals surface area contributed by atoms with Crippen LogP contribution in [0.25, 0.3) is 0 Å². The van der Waals surface area contributed by atoms with Crippen molar-refractivity contribution in [3.05, 3.63) is 24.3 Å². The molecule has 17 heavy (non-hydrogen) atoms. The van der Waals surface area contributed by atoms with Gasteiger partial charge in [0.05, 0.1) is 11.4 Å². The molecule has 0 atom stereocenters. The molecule has 1 aliphatic rings. The lowest BCUT2D eigenvalue weighted by atomic mass is 10.2. The molecule has 0 spiro atoms. The predicted octanol–water partition coefficient (Wildman–Crippen LogP) is 0.0263. The SMILES string of the molecule is CS(=O)(=O)c1ccc(N2CCNC(=O)C2)cc1. The lowest BCUT2D eigenvalue weighted by Crippen LogP contribution is -2.47. The molecule has 1 aromatic rings. The van der Waals surface area contributed by atoms with E-state index in [0.29, 0.717) is 18.0 Å². The molecule has 1 heterocycles. The average molecular weight is 254 g/mol. The van der Waals surface area contributed by atoms with Gasteiger partial charge in [-0.3, -0.25) is 4.79 Å². The first-order chi connectivity index (χ1) is 7.97. The van der Waals surface area contributed by atoms with E-state index < -0.39 is 9.84 Å². The highest BCUT2D eigenvalue weighted by Gasteiger charge is 2.16. The van der Waals surface area contributed by atoms with Gasteiger partial charge in [-0.1, -0.05) is 0 Å². The van der Waals surface area contributed by atoms with Crippen LogP contribution in [0.2, 0.25) is 0 Å². The first kappa shape index (κ1) is 11.9. The Bertz CT molecular complexity index is 522. The average Bonchev–Trinajstić information content (AvgIpc) is 2.28. The van der Waals surface area contributed by atoms with Gasteiger partial charge >= 0.3 is 0 Å². The molecule has 1 aliphatic heterocycles. The normalized spacial score (nSPS) is 16.8. The minimum absolute atomic E-state index is 0.0107. The minimum atomic E-state index is -3.16. The van der Waals surface area contributed by atoms with E-state index in [1.54, 1.807) is 24.3 Å². The number of amides is 1. The van der Waals surface area contributed by atoms with Gasteiger partial charge in [-0.15, -0.1) is 0 Å². The number of hydrogen-bond donors (Lipinski definition) is 1. The van der Waals surface area contributed by atoms with Gasteiger partial charge < -0.3 is 10.2 Å². The largest absolute Gasteiger partial charge is 0.360 e. The second-order valence-electron chi connectivity index (χ2n) is 4.04. The molecule has 2 rings (SSSR count). The van der Waals surface area contributed by atoms with Crippen molar-refractivity contribution < 1.29 is 13.2 Å². The summed E-state index contributed by atoms with van der Waals surface area (Å²) in [7, 11) is -3.16. The molecular formula is C11H14N2O3S. The molecule has 0 radical (unpaired) electrons. The standard InChI is InChI=1S/C11H14N2O3S/c1-17(15,16)10-4-2-9(3-5-10)13-7-6-12-11(14)8-13/h2-5H,6-8H2,1H3,(H,12,14). The lowest BCUT2D eigenvalue weighted by Gasteiger charge is -2.28. The minimum Gasteiger partial charge on any atom is -0.360 e. The van der Waals surface area contributed by atoms with Crippen LogP contribution in [0.15, 0.2) is 29.2 Å². The Morgan fingerprint density at radius 2 is 1.88 bits per heavy atom. The van der Waals surface area contributed by atoms with Crippen LogP contribution in [0, 0.1) is 0 Å². The summed E-state index contributed by atoms with van der Waals surface area (Å²) in [6.45, 7) is 1.68. The van der Waals surface area contributed by atoms with E-state index in [4.69, 9.17) is 0 Å². The second-order valence-corrected chi connectivity index (χ2v) is 6.05. The first-order valence-corrected chi connectivity index (χ1v) is 7.18. The Morgan fingerprint density at radius 1 is 1.24 bits per heavy atom. The molecule has 0 aliphatic carbocycles. The van der Waals surface area contributed by atoms with Gasteiger partial charge in [0.25, 0.3) is 0 Å². The maximum Gasteiger partial charge on any atom is 0.239 e. The third-order valence-corrected chi connectivity index (χ3v) is 3.80. The first-order valence-electron chi connectivity index (χ1n) is 5.28. The van der Waals surface area contributed by atoms with Crippen LogP contribution in [0.5, 0.6) is 0 Å². The number of hydrogen-bond acceptors (Lipinski definition) is 4. The topological polar surface area (TPSA) is 66.5 Å². The van der Waals surface area contributed by atoms with Crippen molar-refractivity contribution in [3.8, 4) is 0 Å². The van der Waals surface area contributed by atoms with Crippen LogP contribution < -0.4 is 10.2 Å². The van der Waals surface area contributed by atoms with Crippen molar-refractivity contribution in [1.29, 1.82) is 0 Å². The van der Waals surface area contributed by atoms with Crippen LogP contribution in [0.3, 0.4) is 0 Å². The van der Waals surface area contributed by atoms with Crippen LogP contribution >= 0.6 is 0 Å². The van der Waals surface area contributed by atoms with Gasteiger partial charge in [-0.05, 0) is 24.3 Å². The molecule has 92 valence electrons. The molecule has 1 amide bonds. The smallest absolute Gasteiger partial charge is 0.239 e. The monoisotopic (exact) mass is 254 g/mol.